The van der Waals surface area contributed by atoms with Gasteiger partial charge in [-0.2, -0.15) is 0 Å². The Kier molecular flexibility index (Phi) is 5.00. The van der Waals surface area contributed by atoms with Gasteiger partial charge in [0.1, 0.15) is 6.54 Å². The van der Waals surface area contributed by atoms with Crippen molar-refractivity contribution in [3.05, 3.63) is 22.4 Å². The SMILES string of the molecule is CC(C)CC(NC(=O)N1CCNC(=O)C1)c1cccs1. The maximum atomic E-state index is 12.3. The van der Waals surface area contributed by atoms with Crippen LogP contribution in [0.3, 0.4) is 0 Å². The molecule has 2 rings (SSSR count). The normalized spacial score (nSPS) is 16.9. The van der Waals surface area contributed by atoms with E-state index in [1.807, 2.05) is 17.5 Å². The molecule has 0 bridgehead atoms. The van der Waals surface area contributed by atoms with Crippen molar-refractivity contribution in [2.75, 3.05) is 19.6 Å². The van der Waals surface area contributed by atoms with Crippen LogP contribution in [-0.2, 0) is 4.79 Å². The second-order valence-electron chi connectivity index (χ2n) is 5.42. The maximum Gasteiger partial charge on any atom is 0.318 e. The summed E-state index contributed by atoms with van der Waals surface area (Å²) >= 11 is 1.65. The van der Waals surface area contributed by atoms with E-state index in [0.717, 1.165) is 11.3 Å². The smallest absolute Gasteiger partial charge is 0.318 e. The van der Waals surface area contributed by atoms with Gasteiger partial charge in [-0.3, -0.25) is 4.79 Å². The monoisotopic (exact) mass is 295 g/mol. The van der Waals surface area contributed by atoms with Gasteiger partial charge in [-0.25, -0.2) is 4.79 Å². The van der Waals surface area contributed by atoms with Crippen LogP contribution in [-0.4, -0.2) is 36.5 Å². The highest BCUT2D eigenvalue weighted by Crippen LogP contribution is 2.25. The highest BCUT2D eigenvalue weighted by Gasteiger charge is 2.24. The molecule has 0 saturated carbocycles. The molecule has 0 aliphatic carbocycles. The first-order valence-electron chi connectivity index (χ1n) is 6.92. The molecule has 0 aromatic carbocycles. The van der Waals surface area contributed by atoms with Gasteiger partial charge in [0.2, 0.25) is 5.91 Å². The van der Waals surface area contributed by atoms with E-state index in [1.165, 1.54) is 0 Å². The van der Waals surface area contributed by atoms with E-state index in [2.05, 4.69) is 24.5 Å². The average molecular weight is 295 g/mol. The first kappa shape index (κ1) is 14.8. The Labute approximate surface area is 123 Å². The van der Waals surface area contributed by atoms with Crippen molar-refractivity contribution in [1.29, 1.82) is 0 Å². The highest BCUT2D eigenvalue weighted by molar-refractivity contribution is 7.10. The van der Waals surface area contributed by atoms with Gasteiger partial charge in [-0.1, -0.05) is 19.9 Å². The molecule has 2 N–H and O–H groups in total. The predicted molar refractivity (Wildman–Crippen MR) is 79.6 cm³/mol. The van der Waals surface area contributed by atoms with E-state index in [4.69, 9.17) is 0 Å². The molecule has 0 radical (unpaired) electrons. The molecule has 5 nitrogen and oxygen atoms in total. The van der Waals surface area contributed by atoms with Gasteiger partial charge in [-0.05, 0) is 23.8 Å². The Balaban J connectivity index is 2.00. The van der Waals surface area contributed by atoms with Gasteiger partial charge in [0, 0.05) is 18.0 Å². The third-order valence-corrected chi connectivity index (χ3v) is 4.20. The number of hydrogen-bond donors (Lipinski definition) is 2. The van der Waals surface area contributed by atoms with Crippen LogP contribution in [0.5, 0.6) is 0 Å². The van der Waals surface area contributed by atoms with Gasteiger partial charge in [0.15, 0.2) is 0 Å². The molecule has 2 heterocycles. The van der Waals surface area contributed by atoms with Gasteiger partial charge in [0.25, 0.3) is 0 Å². The van der Waals surface area contributed by atoms with Gasteiger partial charge >= 0.3 is 6.03 Å². The molecule has 1 atom stereocenters. The lowest BCUT2D eigenvalue weighted by molar-refractivity contribution is -0.123. The topological polar surface area (TPSA) is 61.4 Å². The fourth-order valence-corrected chi connectivity index (χ4v) is 3.05. The summed E-state index contributed by atoms with van der Waals surface area (Å²) in [6, 6.07) is 3.90. The summed E-state index contributed by atoms with van der Waals surface area (Å²) < 4.78 is 0. The number of amides is 3. The molecular weight excluding hydrogens is 274 g/mol. The molecule has 1 aromatic heterocycles. The Morgan fingerprint density at radius 3 is 2.95 bits per heavy atom. The van der Waals surface area contributed by atoms with Crippen molar-refractivity contribution in [3.63, 3.8) is 0 Å². The Hall–Kier alpha value is -1.56. The second-order valence-corrected chi connectivity index (χ2v) is 6.40. The maximum absolute atomic E-state index is 12.3. The Morgan fingerprint density at radius 2 is 2.35 bits per heavy atom. The molecule has 1 aliphatic heterocycles. The van der Waals surface area contributed by atoms with Crippen LogP contribution in [0.25, 0.3) is 0 Å². The average Bonchev–Trinajstić information content (AvgIpc) is 2.91. The fourth-order valence-electron chi connectivity index (χ4n) is 2.26. The fraction of sp³-hybridized carbons (Fsp3) is 0.571. The minimum atomic E-state index is -0.154. The standard InChI is InChI=1S/C14H21N3O2S/c1-10(2)8-11(12-4-3-7-20-12)16-14(19)17-6-5-15-13(18)9-17/h3-4,7,10-11H,5-6,8-9H2,1-2H3,(H,15,18)(H,16,19). The van der Waals surface area contributed by atoms with Crippen molar-refractivity contribution in [3.8, 4) is 0 Å². The Morgan fingerprint density at radius 1 is 1.55 bits per heavy atom. The summed E-state index contributed by atoms with van der Waals surface area (Å²) in [7, 11) is 0. The molecule has 1 unspecified atom stereocenters. The van der Waals surface area contributed by atoms with E-state index in [1.54, 1.807) is 16.2 Å². The molecule has 1 aromatic rings. The van der Waals surface area contributed by atoms with E-state index < -0.39 is 0 Å². The number of nitrogens with one attached hydrogen (secondary N) is 2. The molecule has 1 fully saturated rings. The molecule has 1 aliphatic rings. The van der Waals surface area contributed by atoms with Crippen LogP contribution < -0.4 is 10.6 Å². The van der Waals surface area contributed by atoms with E-state index in [0.29, 0.717) is 19.0 Å². The van der Waals surface area contributed by atoms with Crippen LogP contribution >= 0.6 is 11.3 Å². The van der Waals surface area contributed by atoms with Crippen LogP contribution in [0.1, 0.15) is 31.2 Å². The highest BCUT2D eigenvalue weighted by atomic mass is 32.1. The lowest BCUT2D eigenvalue weighted by Gasteiger charge is -2.29. The third kappa shape index (κ3) is 3.96. The molecule has 0 spiro atoms. The van der Waals surface area contributed by atoms with E-state index in [-0.39, 0.29) is 24.5 Å². The van der Waals surface area contributed by atoms with Gasteiger partial charge < -0.3 is 15.5 Å². The molecule has 20 heavy (non-hydrogen) atoms. The third-order valence-electron chi connectivity index (χ3n) is 3.22. The number of nitrogens with zero attached hydrogens (tertiary/aromatic N) is 1. The summed E-state index contributed by atoms with van der Waals surface area (Å²) in [5.41, 5.74) is 0. The minimum Gasteiger partial charge on any atom is -0.353 e. The largest absolute Gasteiger partial charge is 0.353 e. The first-order chi connectivity index (χ1) is 9.56. The second kappa shape index (κ2) is 6.74. The lowest BCUT2D eigenvalue weighted by Crippen LogP contribution is -2.53. The molecule has 1 saturated heterocycles. The van der Waals surface area contributed by atoms with Gasteiger partial charge in [0.05, 0.1) is 6.04 Å². The van der Waals surface area contributed by atoms with Crippen LogP contribution in [0.15, 0.2) is 17.5 Å². The first-order valence-corrected chi connectivity index (χ1v) is 7.79. The van der Waals surface area contributed by atoms with Gasteiger partial charge in [-0.15, -0.1) is 11.3 Å². The Bertz CT molecular complexity index is 459. The number of carbonyl (C=O) groups is 2. The predicted octanol–water partition coefficient (Wildman–Crippen LogP) is 1.98. The number of urea groups is 1. The summed E-state index contributed by atoms with van der Waals surface area (Å²) in [5.74, 6) is 0.398. The zero-order valence-corrected chi connectivity index (χ0v) is 12.7. The van der Waals surface area contributed by atoms with E-state index in [9.17, 15) is 9.59 Å². The van der Waals surface area contributed by atoms with Crippen molar-refractivity contribution in [2.45, 2.75) is 26.3 Å². The zero-order chi connectivity index (χ0) is 14.5. The number of carbonyl (C=O) groups excluding carboxylic acids is 2. The van der Waals surface area contributed by atoms with Crippen molar-refractivity contribution >= 4 is 23.3 Å². The number of thiophene rings is 1. The zero-order valence-electron chi connectivity index (χ0n) is 11.9. The van der Waals surface area contributed by atoms with Crippen LogP contribution in [0, 0.1) is 5.92 Å². The summed E-state index contributed by atoms with van der Waals surface area (Å²) in [6.45, 7) is 5.52. The molecule has 110 valence electrons. The minimum absolute atomic E-state index is 0.0208. The molecule has 6 heteroatoms. The molecule has 3 amide bonds. The summed E-state index contributed by atoms with van der Waals surface area (Å²) in [5, 5.41) is 7.80. The summed E-state index contributed by atoms with van der Waals surface area (Å²) in [4.78, 5) is 26.3. The number of hydrogen-bond acceptors (Lipinski definition) is 3. The van der Waals surface area contributed by atoms with E-state index >= 15 is 0 Å². The quantitative estimate of drug-likeness (QED) is 0.892. The van der Waals surface area contributed by atoms with Crippen LogP contribution in [0.2, 0.25) is 0 Å². The van der Waals surface area contributed by atoms with Crippen molar-refractivity contribution in [1.82, 2.24) is 15.5 Å². The number of piperazine rings is 1. The summed E-state index contributed by atoms with van der Waals surface area (Å²) in [6.07, 6.45) is 0.895. The lowest BCUT2D eigenvalue weighted by atomic mass is 10.0. The van der Waals surface area contributed by atoms with Crippen molar-refractivity contribution < 1.29 is 9.59 Å². The number of rotatable bonds is 4. The van der Waals surface area contributed by atoms with Crippen molar-refractivity contribution in [2.24, 2.45) is 5.92 Å². The molecular formula is C14H21N3O2S. The van der Waals surface area contributed by atoms with Crippen LogP contribution in [0.4, 0.5) is 4.79 Å².